The zero-order valence-corrected chi connectivity index (χ0v) is 28.5. The van der Waals surface area contributed by atoms with Crippen LogP contribution in [0.15, 0.2) is 82.8 Å². The maximum absolute atomic E-state index is 14.6. The number of hydrogen-bond donors (Lipinski definition) is 0. The Balaban J connectivity index is 1.44. The molecule has 6 aromatic rings. The summed E-state index contributed by atoms with van der Waals surface area (Å²) < 4.78 is 20.7. The second-order valence-electron chi connectivity index (χ2n) is 10.4. The first-order valence-corrected chi connectivity index (χ1v) is 17.7. The lowest BCUT2D eigenvalue weighted by Gasteiger charge is -2.33. The van der Waals surface area contributed by atoms with Gasteiger partial charge in [-0.3, -0.25) is 0 Å². The van der Waals surface area contributed by atoms with Gasteiger partial charge in [0, 0.05) is 4.70 Å². The molecule has 0 aliphatic carbocycles. The lowest BCUT2D eigenvalue weighted by atomic mass is 9.90. The second-order valence-corrected chi connectivity index (χ2v) is 14.6. The van der Waals surface area contributed by atoms with E-state index in [1.54, 1.807) is 84.9 Å². The van der Waals surface area contributed by atoms with E-state index >= 15 is 0 Å². The molecule has 0 spiro atoms. The maximum Gasteiger partial charge on any atom is 0.367 e. The summed E-state index contributed by atoms with van der Waals surface area (Å²) in [6.45, 7) is -0.330. The highest BCUT2D eigenvalue weighted by Crippen LogP contribution is 2.61. The van der Waals surface area contributed by atoms with Crippen molar-refractivity contribution in [3.63, 3.8) is 0 Å². The molecule has 0 amide bonds. The van der Waals surface area contributed by atoms with Gasteiger partial charge in [0.2, 0.25) is 11.4 Å². The molecule has 240 valence electrons. The molecule has 50 heavy (non-hydrogen) atoms. The standard InChI is InChI=1S/C35H16N6O5S4/c36-13-21(14-37)40-25-11-23-29(49-25)27-31(47-23)32-28(30-24(48-32)12-26(50-30)41-22(15-38)16-39)46-35(27,33(42)44-17-19-7-3-1-4-8-19)34(43)45-18-20-9-5-2-6-10-20/h1-12H,17-18H2. The number of hydrogen-bond acceptors (Lipinski definition) is 15. The smallest absolute Gasteiger partial charge is 0.367 e. The Kier molecular flexibility index (Phi) is 8.65. The number of benzene rings is 2. The van der Waals surface area contributed by atoms with Crippen molar-refractivity contribution in [3.8, 4) is 39.8 Å². The summed E-state index contributed by atoms with van der Waals surface area (Å²) in [4.78, 5) is 38.7. The Morgan fingerprint density at radius 1 is 0.660 bits per heavy atom. The molecule has 0 unspecified atom stereocenters. The first-order chi connectivity index (χ1) is 24.4. The summed E-state index contributed by atoms with van der Waals surface area (Å²) in [7, 11) is 0. The zero-order valence-electron chi connectivity index (χ0n) is 25.2. The SMILES string of the molecule is N#CC(C#N)=Nc1cc2sc3c(c2s1)OC(C(=O)OCc1ccccc1)(C(=O)OCc1ccccc1)c1c-3sc2cc(N=C(C#N)C#N)sc12. The van der Waals surface area contributed by atoms with E-state index < -0.39 is 17.5 Å². The quantitative estimate of drug-likeness (QED) is 0.0847. The molecule has 0 saturated carbocycles. The predicted molar refractivity (Wildman–Crippen MR) is 190 cm³/mol. The first-order valence-electron chi connectivity index (χ1n) is 14.4. The van der Waals surface area contributed by atoms with E-state index in [1.165, 1.54) is 22.7 Å². The van der Waals surface area contributed by atoms with Gasteiger partial charge in [-0.2, -0.15) is 21.0 Å². The Hall–Kier alpha value is -6.20. The van der Waals surface area contributed by atoms with Gasteiger partial charge in [0.25, 0.3) is 0 Å². The number of aliphatic imine (C=N–C) groups is 2. The van der Waals surface area contributed by atoms with Crippen LogP contribution in [0.3, 0.4) is 0 Å². The van der Waals surface area contributed by atoms with E-state index in [2.05, 4.69) is 9.98 Å². The van der Waals surface area contributed by atoms with Crippen LogP contribution >= 0.6 is 45.3 Å². The van der Waals surface area contributed by atoms with Crippen molar-refractivity contribution >= 4 is 97.5 Å². The molecule has 0 radical (unpaired) electrons. The van der Waals surface area contributed by atoms with Crippen molar-refractivity contribution in [2.75, 3.05) is 0 Å². The number of nitriles is 4. The minimum atomic E-state index is -2.45. The zero-order chi connectivity index (χ0) is 34.8. The molecule has 15 heteroatoms. The molecule has 0 N–H and O–H groups in total. The van der Waals surface area contributed by atoms with Gasteiger partial charge in [0.15, 0.2) is 5.75 Å². The van der Waals surface area contributed by atoms with Crippen LogP contribution in [-0.4, -0.2) is 23.4 Å². The summed E-state index contributed by atoms with van der Waals surface area (Å²) in [5.41, 5.74) is -1.55. The third-order valence-electron chi connectivity index (χ3n) is 7.34. The lowest BCUT2D eigenvalue weighted by Crippen LogP contribution is -2.52. The molecule has 0 bridgehead atoms. The highest BCUT2D eigenvalue weighted by atomic mass is 32.1. The molecule has 2 aromatic carbocycles. The molecule has 4 aromatic heterocycles. The topological polar surface area (TPSA) is 182 Å². The average Bonchev–Trinajstić information content (AvgIpc) is 3.90. The molecule has 0 atom stereocenters. The fraction of sp³-hybridized carbons (Fsp3) is 0.0857. The predicted octanol–water partition coefficient (Wildman–Crippen LogP) is 8.22. The van der Waals surface area contributed by atoms with Gasteiger partial charge in [0.05, 0.1) is 29.4 Å². The molecule has 0 saturated heterocycles. The van der Waals surface area contributed by atoms with Crippen LogP contribution in [0.1, 0.15) is 16.7 Å². The fourth-order valence-electron chi connectivity index (χ4n) is 5.16. The number of thiophene rings is 4. The third-order valence-corrected chi connectivity index (χ3v) is 12.1. The maximum atomic E-state index is 14.6. The van der Waals surface area contributed by atoms with Gasteiger partial charge < -0.3 is 14.2 Å². The molecular formula is C35H16N6O5S4. The van der Waals surface area contributed by atoms with Crippen LogP contribution in [0.5, 0.6) is 5.75 Å². The second kappa shape index (κ2) is 13.4. The Labute approximate surface area is 299 Å². The summed E-state index contributed by atoms with van der Waals surface area (Å²) in [5.74, 6) is -1.79. The van der Waals surface area contributed by atoms with Crippen molar-refractivity contribution in [2.24, 2.45) is 9.98 Å². The van der Waals surface area contributed by atoms with Crippen molar-refractivity contribution < 1.29 is 23.8 Å². The van der Waals surface area contributed by atoms with E-state index in [0.29, 0.717) is 49.7 Å². The van der Waals surface area contributed by atoms with Crippen LogP contribution in [0, 0.1) is 45.3 Å². The Morgan fingerprint density at radius 2 is 1.12 bits per heavy atom. The molecule has 1 aliphatic heterocycles. The number of fused-ring (bicyclic) bond motifs is 7. The van der Waals surface area contributed by atoms with Crippen molar-refractivity contribution in [1.82, 2.24) is 0 Å². The number of rotatable bonds is 8. The number of carbonyl (C=O) groups excluding carboxylic acids is 2. The summed E-state index contributed by atoms with van der Waals surface area (Å²) in [5, 5.41) is 37.8. The van der Waals surface area contributed by atoms with E-state index in [1.807, 2.05) is 12.1 Å². The molecule has 11 nitrogen and oxygen atoms in total. The number of ether oxygens (including phenoxy) is 3. The molecule has 0 fully saturated rings. The Morgan fingerprint density at radius 3 is 1.62 bits per heavy atom. The minimum Gasteiger partial charge on any atom is -0.457 e. The van der Waals surface area contributed by atoms with Gasteiger partial charge in [-0.05, 0) is 23.3 Å². The number of esters is 2. The van der Waals surface area contributed by atoms with E-state index in [-0.39, 0.29) is 36.0 Å². The monoisotopic (exact) mass is 728 g/mol. The molecular weight excluding hydrogens is 713 g/mol. The first kappa shape index (κ1) is 32.4. The summed E-state index contributed by atoms with van der Waals surface area (Å²) in [6.07, 6.45) is 0. The van der Waals surface area contributed by atoms with E-state index in [9.17, 15) is 30.6 Å². The normalized spacial score (nSPS) is 12.2. The van der Waals surface area contributed by atoms with Crippen LogP contribution in [0.25, 0.3) is 28.6 Å². The highest BCUT2D eigenvalue weighted by Gasteiger charge is 2.60. The molecule has 1 aliphatic rings. The van der Waals surface area contributed by atoms with Crippen molar-refractivity contribution in [2.45, 2.75) is 18.8 Å². The lowest BCUT2D eigenvalue weighted by molar-refractivity contribution is -0.183. The van der Waals surface area contributed by atoms with Gasteiger partial charge >= 0.3 is 17.5 Å². The highest BCUT2D eigenvalue weighted by molar-refractivity contribution is 7.36. The van der Waals surface area contributed by atoms with Crippen LogP contribution in [0.4, 0.5) is 10.0 Å². The van der Waals surface area contributed by atoms with Gasteiger partial charge in [-0.25, -0.2) is 19.6 Å². The van der Waals surface area contributed by atoms with Crippen LogP contribution in [0.2, 0.25) is 0 Å². The van der Waals surface area contributed by atoms with Gasteiger partial charge in [-0.1, -0.05) is 60.7 Å². The molecule has 5 heterocycles. The fourth-order valence-corrected chi connectivity index (χ4v) is 10.3. The largest absolute Gasteiger partial charge is 0.457 e. The minimum absolute atomic E-state index is 0.165. The van der Waals surface area contributed by atoms with Crippen molar-refractivity contribution in [1.29, 1.82) is 21.0 Å². The van der Waals surface area contributed by atoms with E-state index in [0.717, 1.165) is 22.7 Å². The Bertz CT molecular complexity index is 2480. The van der Waals surface area contributed by atoms with Gasteiger partial charge in [0.1, 0.15) is 47.5 Å². The average molecular weight is 729 g/mol. The molecule has 7 rings (SSSR count). The van der Waals surface area contributed by atoms with Crippen LogP contribution in [-0.2, 0) is 37.9 Å². The van der Waals surface area contributed by atoms with E-state index in [4.69, 9.17) is 14.2 Å². The van der Waals surface area contributed by atoms with Gasteiger partial charge in [-0.15, -0.1) is 45.3 Å². The van der Waals surface area contributed by atoms with Crippen LogP contribution < -0.4 is 4.74 Å². The summed E-state index contributed by atoms with van der Waals surface area (Å²) in [6, 6.07) is 28.3. The number of nitrogens with zero attached hydrogens (tertiary/aromatic N) is 6. The third kappa shape index (κ3) is 5.67. The number of carbonyl (C=O) groups is 2. The van der Waals surface area contributed by atoms with Crippen molar-refractivity contribution in [3.05, 3.63) is 89.5 Å². The summed E-state index contributed by atoms with van der Waals surface area (Å²) >= 11 is 4.87.